The second-order valence-corrected chi connectivity index (χ2v) is 8.40. The molecule has 9 nitrogen and oxygen atoms in total. The Bertz CT molecular complexity index is 923. The molecule has 1 N–H and O–H groups in total. The minimum atomic E-state index is -3.77. The molecule has 146 valence electrons. The average molecular weight is 412 g/mol. The zero-order valence-electron chi connectivity index (χ0n) is 15.0. The van der Waals surface area contributed by atoms with Gasteiger partial charge >= 0.3 is 0 Å². The number of morpholine rings is 1. The topological polar surface area (TPSA) is 111 Å². The fraction of sp³-hybridized carbons (Fsp3) is 0.438. The Morgan fingerprint density at radius 2 is 2.11 bits per heavy atom. The number of nitrogens with zero attached hydrogens (tertiary/aromatic N) is 3. The first-order valence-electron chi connectivity index (χ1n) is 8.36. The molecule has 1 aromatic heterocycles. The largest absolute Gasteiger partial charge is 0.495 e. The number of aromatic nitrogens is 2. The van der Waals surface area contributed by atoms with Crippen LogP contribution in [0.3, 0.4) is 0 Å². The number of aryl methyl sites for hydroxylation is 1. The first-order valence-corrected chi connectivity index (χ1v) is 10.6. The van der Waals surface area contributed by atoms with E-state index in [1.54, 1.807) is 6.07 Å². The quantitative estimate of drug-likeness (QED) is 0.763. The smallest absolute Gasteiger partial charge is 0.269 e. The number of amides is 1. The van der Waals surface area contributed by atoms with Gasteiger partial charge in [0.1, 0.15) is 15.5 Å². The van der Waals surface area contributed by atoms with Gasteiger partial charge in [0.25, 0.3) is 5.91 Å². The van der Waals surface area contributed by atoms with E-state index >= 15 is 0 Å². The van der Waals surface area contributed by atoms with Crippen molar-refractivity contribution >= 4 is 33.2 Å². The normalized spacial score (nSPS) is 15.5. The molecule has 2 aromatic rings. The summed E-state index contributed by atoms with van der Waals surface area (Å²) in [7, 11) is -2.37. The Morgan fingerprint density at radius 1 is 1.37 bits per heavy atom. The van der Waals surface area contributed by atoms with Gasteiger partial charge in [-0.2, -0.15) is 4.31 Å². The van der Waals surface area contributed by atoms with Crippen molar-refractivity contribution in [3.05, 3.63) is 28.8 Å². The molecule has 0 bridgehead atoms. The van der Waals surface area contributed by atoms with Gasteiger partial charge < -0.3 is 14.8 Å². The average Bonchev–Trinajstić information content (AvgIpc) is 3.17. The summed E-state index contributed by atoms with van der Waals surface area (Å²) >= 11 is 1.00. The van der Waals surface area contributed by atoms with Crippen LogP contribution in [0.2, 0.25) is 0 Å². The fourth-order valence-corrected chi connectivity index (χ4v) is 4.92. The minimum Gasteiger partial charge on any atom is -0.495 e. The second-order valence-electron chi connectivity index (χ2n) is 5.74. The number of carbonyl (C=O) groups excluding carboxylic acids is 1. The summed E-state index contributed by atoms with van der Waals surface area (Å²) in [6, 6.07) is 4.52. The monoisotopic (exact) mass is 412 g/mol. The van der Waals surface area contributed by atoms with E-state index in [4.69, 9.17) is 9.47 Å². The molecule has 0 aliphatic carbocycles. The van der Waals surface area contributed by atoms with Gasteiger partial charge in [-0.25, -0.2) is 8.42 Å². The van der Waals surface area contributed by atoms with Gasteiger partial charge in [-0.15, -0.1) is 5.10 Å². The van der Waals surface area contributed by atoms with E-state index < -0.39 is 10.0 Å². The molecular weight excluding hydrogens is 392 g/mol. The molecule has 1 amide bonds. The van der Waals surface area contributed by atoms with E-state index in [9.17, 15) is 13.2 Å². The van der Waals surface area contributed by atoms with Gasteiger partial charge in [0.2, 0.25) is 10.0 Å². The van der Waals surface area contributed by atoms with Crippen LogP contribution in [0.25, 0.3) is 0 Å². The highest BCUT2D eigenvalue weighted by Gasteiger charge is 2.29. The number of nitrogens with one attached hydrogen (secondary N) is 1. The molecule has 27 heavy (non-hydrogen) atoms. The number of sulfonamides is 1. The molecule has 3 rings (SSSR count). The van der Waals surface area contributed by atoms with E-state index in [2.05, 4.69) is 14.9 Å². The molecule has 0 atom stereocenters. The van der Waals surface area contributed by atoms with Crippen LogP contribution in [0.5, 0.6) is 5.75 Å². The summed E-state index contributed by atoms with van der Waals surface area (Å²) in [5.74, 6) is -0.157. The van der Waals surface area contributed by atoms with Gasteiger partial charge in [0.15, 0.2) is 0 Å². The first kappa shape index (κ1) is 19.7. The van der Waals surface area contributed by atoms with Crippen LogP contribution >= 0.6 is 11.5 Å². The van der Waals surface area contributed by atoms with Crippen molar-refractivity contribution < 1.29 is 22.7 Å². The van der Waals surface area contributed by atoms with Crippen LogP contribution in [0.15, 0.2) is 23.1 Å². The summed E-state index contributed by atoms with van der Waals surface area (Å²) < 4.78 is 41.6. The molecule has 0 radical (unpaired) electrons. The molecule has 1 aromatic carbocycles. The lowest BCUT2D eigenvalue weighted by molar-refractivity contribution is 0.0729. The highest BCUT2D eigenvalue weighted by Crippen LogP contribution is 2.30. The van der Waals surface area contributed by atoms with Gasteiger partial charge in [0.05, 0.1) is 26.0 Å². The lowest BCUT2D eigenvalue weighted by Gasteiger charge is -2.26. The lowest BCUT2D eigenvalue weighted by atomic mass is 10.2. The van der Waals surface area contributed by atoms with Crippen molar-refractivity contribution in [2.45, 2.75) is 18.2 Å². The Kier molecular flexibility index (Phi) is 6.05. The van der Waals surface area contributed by atoms with Crippen molar-refractivity contribution in [2.24, 2.45) is 0 Å². The number of methoxy groups -OCH3 is 1. The van der Waals surface area contributed by atoms with Crippen molar-refractivity contribution in [1.82, 2.24) is 13.9 Å². The van der Waals surface area contributed by atoms with Crippen LogP contribution in [-0.2, 0) is 21.2 Å². The van der Waals surface area contributed by atoms with Crippen LogP contribution in [0.1, 0.15) is 22.3 Å². The molecule has 11 heteroatoms. The van der Waals surface area contributed by atoms with Gasteiger partial charge in [-0.1, -0.05) is 11.4 Å². The molecule has 0 saturated carbocycles. The van der Waals surface area contributed by atoms with E-state index in [1.165, 1.54) is 23.5 Å². The Morgan fingerprint density at radius 3 is 2.78 bits per heavy atom. The zero-order valence-corrected chi connectivity index (χ0v) is 16.6. The first-order chi connectivity index (χ1) is 13.0. The Hall–Kier alpha value is -2.08. The maximum atomic E-state index is 13.0. The van der Waals surface area contributed by atoms with Crippen molar-refractivity contribution in [1.29, 1.82) is 0 Å². The molecular formula is C16H20N4O5S2. The van der Waals surface area contributed by atoms with Crippen molar-refractivity contribution in [2.75, 3.05) is 38.7 Å². The zero-order chi connectivity index (χ0) is 19.4. The Labute approximate surface area is 161 Å². The van der Waals surface area contributed by atoms with Crippen molar-refractivity contribution in [3.63, 3.8) is 0 Å². The summed E-state index contributed by atoms with van der Waals surface area (Å²) in [4.78, 5) is 12.9. The second kappa shape index (κ2) is 8.30. The summed E-state index contributed by atoms with van der Waals surface area (Å²) in [5.41, 5.74) is 0.954. The van der Waals surface area contributed by atoms with Gasteiger partial charge in [0, 0.05) is 18.8 Å². The Balaban J connectivity index is 1.90. The third-order valence-corrected chi connectivity index (χ3v) is 6.79. The van der Waals surface area contributed by atoms with E-state index in [0.717, 1.165) is 11.5 Å². The van der Waals surface area contributed by atoms with Crippen LogP contribution < -0.4 is 10.1 Å². The van der Waals surface area contributed by atoms with Crippen LogP contribution in [0.4, 0.5) is 5.69 Å². The number of hydrogen-bond acceptors (Lipinski definition) is 8. The van der Waals surface area contributed by atoms with Crippen LogP contribution in [-0.4, -0.2) is 61.6 Å². The van der Waals surface area contributed by atoms with Crippen LogP contribution in [0, 0.1) is 0 Å². The number of anilines is 1. The van der Waals surface area contributed by atoms with E-state index in [1.807, 2.05) is 6.92 Å². The predicted molar refractivity (Wildman–Crippen MR) is 99.8 cm³/mol. The molecule has 1 fully saturated rings. The number of rotatable bonds is 6. The van der Waals surface area contributed by atoms with Gasteiger partial charge in [-0.05, 0) is 36.2 Å². The van der Waals surface area contributed by atoms with Crippen molar-refractivity contribution in [3.8, 4) is 5.75 Å². The molecule has 2 heterocycles. The molecule has 1 saturated heterocycles. The molecule has 1 aliphatic rings. The molecule has 0 spiro atoms. The number of carbonyl (C=O) groups is 1. The number of ether oxygens (including phenoxy) is 2. The van der Waals surface area contributed by atoms with Gasteiger partial charge in [-0.3, -0.25) is 4.79 Å². The maximum absolute atomic E-state index is 13.0. The molecule has 0 unspecified atom stereocenters. The third kappa shape index (κ3) is 4.10. The fourth-order valence-electron chi connectivity index (χ4n) is 2.68. The lowest BCUT2D eigenvalue weighted by Crippen LogP contribution is -2.40. The summed E-state index contributed by atoms with van der Waals surface area (Å²) in [6.07, 6.45) is 0.582. The molecule has 1 aliphatic heterocycles. The predicted octanol–water partition coefficient (Wildman–Crippen LogP) is 1.38. The SMILES string of the molecule is CCc1nnsc1C(=O)Nc1ccc(OC)c(S(=O)(=O)N2CCOCC2)c1. The number of benzene rings is 1. The van der Waals surface area contributed by atoms with E-state index in [-0.39, 0.29) is 29.6 Å². The third-order valence-electron chi connectivity index (χ3n) is 4.11. The minimum absolute atomic E-state index is 0.00263. The number of hydrogen-bond donors (Lipinski definition) is 1. The summed E-state index contributed by atoms with van der Waals surface area (Å²) in [6.45, 7) is 3.11. The highest BCUT2D eigenvalue weighted by atomic mass is 32.2. The summed E-state index contributed by atoms with van der Waals surface area (Å²) in [5, 5.41) is 6.63. The maximum Gasteiger partial charge on any atom is 0.269 e. The van der Waals surface area contributed by atoms with E-state index in [0.29, 0.717) is 35.9 Å². The standard InChI is InChI=1S/C16H20N4O5S2/c1-3-12-15(26-19-18-12)16(21)17-11-4-5-13(24-2)14(10-11)27(22,23)20-6-8-25-9-7-20/h4-5,10H,3,6-9H2,1-2H3,(H,17,21). The highest BCUT2D eigenvalue weighted by molar-refractivity contribution is 7.89.